The number of fused-ring (bicyclic) bond motifs is 1. The van der Waals surface area contributed by atoms with Gasteiger partial charge in [-0.2, -0.15) is 5.10 Å². The third-order valence-electron chi connectivity index (χ3n) is 5.21. The number of cyclic esters (lactones) is 1. The van der Waals surface area contributed by atoms with Crippen molar-refractivity contribution in [2.75, 3.05) is 13.1 Å². The van der Waals surface area contributed by atoms with Crippen molar-refractivity contribution in [1.82, 2.24) is 15.1 Å². The lowest BCUT2D eigenvalue weighted by atomic mass is 9.87. The zero-order valence-corrected chi connectivity index (χ0v) is 14.2. The number of nitrogens with one attached hydrogen (secondary N) is 1. The minimum Gasteiger partial charge on any atom is -0.445 e. The summed E-state index contributed by atoms with van der Waals surface area (Å²) in [4.78, 5) is 27.3. The molecular formula is C19H21N3O3. The predicted molar refractivity (Wildman–Crippen MR) is 91.1 cm³/mol. The van der Waals surface area contributed by atoms with Gasteiger partial charge in [-0.3, -0.25) is 9.89 Å². The summed E-state index contributed by atoms with van der Waals surface area (Å²) in [5.41, 5.74) is 1.34. The predicted octanol–water partition coefficient (Wildman–Crippen LogP) is 2.29. The van der Waals surface area contributed by atoms with Gasteiger partial charge in [0.05, 0.1) is 5.56 Å². The fourth-order valence-electron chi connectivity index (χ4n) is 3.90. The lowest BCUT2D eigenvalue weighted by molar-refractivity contribution is -0.152. The van der Waals surface area contributed by atoms with E-state index in [-0.39, 0.29) is 11.8 Å². The van der Waals surface area contributed by atoms with Gasteiger partial charge in [-0.05, 0) is 37.5 Å². The molecule has 0 aliphatic carbocycles. The Kier molecular flexibility index (Phi) is 3.82. The largest absolute Gasteiger partial charge is 0.445 e. The number of carbonyl (C=O) groups excluding carboxylic acids is 2. The first-order chi connectivity index (χ1) is 12.1. The maximum Gasteiger partial charge on any atom is 0.339 e. The highest BCUT2D eigenvalue weighted by molar-refractivity contribution is 5.97. The molecule has 1 N–H and O–H groups in total. The average Bonchev–Trinajstić information content (AvgIpc) is 3.16. The van der Waals surface area contributed by atoms with E-state index < -0.39 is 11.6 Å². The lowest BCUT2D eigenvalue weighted by Crippen LogP contribution is -2.55. The second-order valence-corrected chi connectivity index (χ2v) is 7.06. The number of rotatable bonds is 2. The molecule has 130 valence electrons. The molecule has 1 amide bonds. The van der Waals surface area contributed by atoms with E-state index in [1.54, 1.807) is 19.2 Å². The van der Waals surface area contributed by atoms with Crippen LogP contribution < -0.4 is 0 Å². The molecule has 2 aliphatic heterocycles. The Labute approximate surface area is 146 Å². The Hall–Kier alpha value is -2.63. The number of H-pyrrole nitrogens is 1. The van der Waals surface area contributed by atoms with Gasteiger partial charge in [0.25, 0.3) is 5.91 Å². The van der Waals surface area contributed by atoms with Gasteiger partial charge in [0.2, 0.25) is 0 Å². The molecule has 2 atom stereocenters. The standard InChI is InChI=1S/C19H21N3O3/c1-19(11-13-5-2-3-7-15(13)17(23)25-19)18(24)22-10-4-6-14(12-22)16-8-9-20-21-16/h2-3,5,7-9,14H,4,6,10-12H2,1H3,(H,20,21)/t14-,19-/m1/s1. The Bertz CT molecular complexity index is 802. The molecule has 2 aliphatic rings. The van der Waals surface area contributed by atoms with Crippen LogP contribution in [0.25, 0.3) is 0 Å². The van der Waals surface area contributed by atoms with E-state index in [1.807, 2.05) is 29.2 Å². The zero-order valence-electron chi connectivity index (χ0n) is 14.2. The molecule has 6 nitrogen and oxygen atoms in total. The maximum atomic E-state index is 13.2. The Balaban J connectivity index is 1.55. The molecule has 25 heavy (non-hydrogen) atoms. The third-order valence-corrected chi connectivity index (χ3v) is 5.21. The molecule has 1 aromatic heterocycles. The van der Waals surface area contributed by atoms with Crippen LogP contribution in [-0.4, -0.2) is 45.7 Å². The van der Waals surface area contributed by atoms with E-state index in [2.05, 4.69) is 10.2 Å². The summed E-state index contributed by atoms with van der Waals surface area (Å²) in [6.07, 6.45) is 4.09. The van der Waals surface area contributed by atoms with Crippen LogP contribution in [0.1, 0.15) is 47.3 Å². The minimum absolute atomic E-state index is 0.112. The van der Waals surface area contributed by atoms with Crippen molar-refractivity contribution in [2.45, 2.75) is 37.7 Å². The fraction of sp³-hybridized carbons (Fsp3) is 0.421. The van der Waals surface area contributed by atoms with E-state index in [9.17, 15) is 9.59 Å². The molecule has 0 radical (unpaired) electrons. The van der Waals surface area contributed by atoms with Crippen LogP contribution in [0.3, 0.4) is 0 Å². The average molecular weight is 339 g/mol. The first-order valence-electron chi connectivity index (χ1n) is 8.67. The summed E-state index contributed by atoms with van der Waals surface area (Å²) in [5, 5.41) is 7.01. The number of hydrogen-bond donors (Lipinski definition) is 1. The summed E-state index contributed by atoms with van der Waals surface area (Å²) in [6.45, 7) is 3.04. The molecule has 3 heterocycles. The van der Waals surface area contributed by atoms with Gasteiger partial charge < -0.3 is 9.64 Å². The molecule has 0 bridgehead atoms. The van der Waals surface area contributed by atoms with Crippen molar-refractivity contribution >= 4 is 11.9 Å². The van der Waals surface area contributed by atoms with Gasteiger partial charge in [-0.25, -0.2) is 4.79 Å². The summed E-state index contributed by atoms with van der Waals surface area (Å²) >= 11 is 0. The van der Waals surface area contributed by atoms with Crippen LogP contribution in [0.5, 0.6) is 0 Å². The van der Waals surface area contributed by atoms with E-state index in [0.29, 0.717) is 25.1 Å². The van der Waals surface area contributed by atoms with E-state index in [1.165, 1.54) is 0 Å². The zero-order chi connectivity index (χ0) is 17.4. The smallest absolute Gasteiger partial charge is 0.339 e. The number of nitrogens with zero attached hydrogens (tertiary/aromatic N) is 2. The van der Waals surface area contributed by atoms with Crippen LogP contribution in [0.4, 0.5) is 0 Å². The van der Waals surface area contributed by atoms with Crippen LogP contribution in [0.15, 0.2) is 36.5 Å². The molecule has 6 heteroatoms. The first kappa shape index (κ1) is 15.9. The summed E-state index contributed by atoms with van der Waals surface area (Å²) < 4.78 is 5.59. The molecule has 1 aromatic carbocycles. The molecule has 1 fully saturated rings. The summed E-state index contributed by atoms with van der Waals surface area (Å²) in [6, 6.07) is 9.29. The normalized spacial score (nSPS) is 26.0. The van der Waals surface area contributed by atoms with Crippen molar-refractivity contribution in [3.63, 3.8) is 0 Å². The minimum atomic E-state index is -1.14. The van der Waals surface area contributed by atoms with Crippen molar-refractivity contribution in [1.29, 1.82) is 0 Å². The molecular weight excluding hydrogens is 318 g/mol. The van der Waals surface area contributed by atoms with Crippen molar-refractivity contribution in [2.24, 2.45) is 0 Å². The second-order valence-electron chi connectivity index (χ2n) is 7.06. The second kappa shape index (κ2) is 6.02. The van der Waals surface area contributed by atoms with Crippen molar-refractivity contribution < 1.29 is 14.3 Å². The number of aromatic amines is 1. The Morgan fingerprint density at radius 1 is 1.36 bits per heavy atom. The monoisotopic (exact) mass is 339 g/mol. The maximum absolute atomic E-state index is 13.2. The van der Waals surface area contributed by atoms with Gasteiger partial charge in [0.1, 0.15) is 0 Å². The van der Waals surface area contributed by atoms with Gasteiger partial charge >= 0.3 is 5.97 Å². The van der Waals surface area contributed by atoms with Crippen LogP contribution >= 0.6 is 0 Å². The summed E-state index contributed by atoms with van der Waals surface area (Å²) in [7, 11) is 0. The number of esters is 1. The van der Waals surface area contributed by atoms with E-state index in [0.717, 1.165) is 24.1 Å². The topological polar surface area (TPSA) is 75.3 Å². The van der Waals surface area contributed by atoms with Crippen LogP contribution in [-0.2, 0) is 16.0 Å². The van der Waals surface area contributed by atoms with Crippen LogP contribution in [0, 0.1) is 0 Å². The number of aromatic nitrogens is 2. The number of piperidine rings is 1. The van der Waals surface area contributed by atoms with E-state index in [4.69, 9.17) is 4.74 Å². The molecule has 2 aromatic rings. The highest BCUT2D eigenvalue weighted by Gasteiger charge is 2.45. The number of carbonyl (C=O) groups is 2. The number of likely N-dealkylation sites (tertiary alicyclic amines) is 1. The third kappa shape index (κ3) is 2.81. The van der Waals surface area contributed by atoms with Gasteiger partial charge in [-0.15, -0.1) is 0 Å². The van der Waals surface area contributed by atoms with Gasteiger partial charge in [0, 0.05) is 37.3 Å². The summed E-state index contributed by atoms with van der Waals surface area (Å²) in [5.74, 6) is -0.283. The fourth-order valence-corrected chi connectivity index (χ4v) is 3.90. The molecule has 1 saturated heterocycles. The van der Waals surface area contributed by atoms with E-state index >= 15 is 0 Å². The molecule has 0 saturated carbocycles. The highest BCUT2D eigenvalue weighted by atomic mass is 16.6. The molecule has 0 unspecified atom stereocenters. The SMILES string of the molecule is C[C@]1(C(=O)N2CCC[C@@H](c3ccn[nH]3)C2)Cc2ccccc2C(=O)O1. The van der Waals surface area contributed by atoms with Crippen LogP contribution in [0.2, 0.25) is 0 Å². The molecule has 0 spiro atoms. The van der Waals surface area contributed by atoms with Gasteiger partial charge in [-0.1, -0.05) is 18.2 Å². The number of benzene rings is 1. The van der Waals surface area contributed by atoms with Crippen molar-refractivity contribution in [3.8, 4) is 0 Å². The molecule has 4 rings (SSSR count). The quantitative estimate of drug-likeness (QED) is 0.852. The van der Waals surface area contributed by atoms with Gasteiger partial charge in [0.15, 0.2) is 5.60 Å². The first-order valence-corrected chi connectivity index (χ1v) is 8.67. The highest BCUT2D eigenvalue weighted by Crippen LogP contribution is 2.32. The lowest BCUT2D eigenvalue weighted by Gasteiger charge is -2.40. The number of amides is 1. The Morgan fingerprint density at radius 2 is 2.20 bits per heavy atom. The Morgan fingerprint density at radius 3 is 3.00 bits per heavy atom. The van der Waals surface area contributed by atoms with Crippen molar-refractivity contribution in [3.05, 3.63) is 53.3 Å². The number of hydrogen-bond acceptors (Lipinski definition) is 4. The number of ether oxygens (including phenoxy) is 1.